The van der Waals surface area contributed by atoms with Gasteiger partial charge in [0.05, 0.1) is 0 Å². The summed E-state index contributed by atoms with van der Waals surface area (Å²) in [5, 5.41) is 0.624. The van der Waals surface area contributed by atoms with Gasteiger partial charge in [-0.3, -0.25) is 0 Å². The van der Waals surface area contributed by atoms with Crippen molar-refractivity contribution < 1.29 is 8.78 Å². The van der Waals surface area contributed by atoms with E-state index in [1.807, 2.05) is 6.07 Å². The Morgan fingerprint density at radius 3 is 2.58 bits per heavy atom. The molecule has 0 atom stereocenters. The standard InChI is InChI=1S/C9H9BrF2/c1-6-7(5-10)3-2-4-8(6)9(11)12/h2-4,9H,5H2,1H3. The van der Waals surface area contributed by atoms with Gasteiger partial charge in [-0.2, -0.15) is 0 Å². The molecular weight excluding hydrogens is 226 g/mol. The van der Waals surface area contributed by atoms with Gasteiger partial charge in [-0.1, -0.05) is 34.1 Å². The molecule has 0 unspecified atom stereocenters. The Kier molecular flexibility index (Phi) is 3.20. The lowest BCUT2D eigenvalue weighted by atomic mass is 10.0. The van der Waals surface area contributed by atoms with E-state index in [1.165, 1.54) is 6.07 Å². The minimum absolute atomic E-state index is 0.131. The van der Waals surface area contributed by atoms with Crippen LogP contribution in [-0.2, 0) is 5.33 Å². The lowest BCUT2D eigenvalue weighted by Gasteiger charge is -2.07. The number of benzene rings is 1. The van der Waals surface area contributed by atoms with Crippen LogP contribution in [0.3, 0.4) is 0 Å². The minimum atomic E-state index is -2.37. The van der Waals surface area contributed by atoms with E-state index in [0.29, 0.717) is 10.9 Å². The number of hydrogen-bond acceptors (Lipinski definition) is 0. The molecule has 0 heterocycles. The molecule has 1 aromatic carbocycles. The van der Waals surface area contributed by atoms with Gasteiger partial charge < -0.3 is 0 Å². The molecule has 0 aromatic heterocycles. The molecule has 1 aromatic rings. The van der Waals surface area contributed by atoms with Gasteiger partial charge >= 0.3 is 0 Å². The van der Waals surface area contributed by atoms with Crippen molar-refractivity contribution in [1.82, 2.24) is 0 Å². The molecule has 12 heavy (non-hydrogen) atoms. The van der Waals surface area contributed by atoms with Gasteiger partial charge in [-0.25, -0.2) is 8.78 Å². The molecule has 0 saturated heterocycles. The summed E-state index contributed by atoms with van der Waals surface area (Å²) in [6.07, 6.45) is -2.37. The lowest BCUT2D eigenvalue weighted by molar-refractivity contribution is 0.150. The zero-order valence-electron chi connectivity index (χ0n) is 6.65. The van der Waals surface area contributed by atoms with Crippen LogP contribution in [0.5, 0.6) is 0 Å². The quantitative estimate of drug-likeness (QED) is 0.683. The Morgan fingerprint density at radius 2 is 2.08 bits per heavy atom. The van der Waals surface area contributed by atoms with Crippen LogP contribution in [0, 0.1) is 6.92 Å². The summed E-state index contributed by atoms with van der Waals surface area (Å²) in [6.45, 7) is 1.72. The summed E-state index contributed by atoms with van der Waals surface area (Å²) < 4.78 is 24.7. The highest BCUT2D eigenvalue weighted by molar-refractivity contribution is 9.08. The Morgan fingerprint density at radius 1 is 1.42 bits per heavy atom. The van der Waals surface area contributed by atoms with Gasteiger partial charge in [0.2, 0.25) is 0 Å². The van der Waals surface area contributed by atoms with Gasteiger partial charge in [-0.15, -0.1) is 0 Å². The van der Waals surface area contributed by atoms with Gasteiger partial charge in [0, 0.05) is 10.9 Å². The molecular formula is C9H9BrF2. The van der Waals surface area contributed by atoms with Crippen LogP contribution in [0.4, 0.5) is 8.78 Å². The van der Waals surface area contributed by atoms with Crippen molar-refractivity contribution >= 4 is 15.9 Å². The highest BCUT2D eigenvalue weighted by atomic mass is 79.9. The van der Waals surface area contributed by atoms with E-state index >= 15 is 0 Å². The first-order valence-corrected chi connectivity index (χ1v) is 4.71. The van der Waals surface area contributed by atoms with E-state index in [4.69, 9.17) is 0 Å². The summed E-state index contributed by atoms with van der Waals surface area (Å²) in [5.41, 5.74) is 1.74. The van der Waals surface area contributed by atoms with Crippen LogP contribution < -0.4 is 0 Å². The smallest absolute Gasteiger partial charge is 0.205 e. The van der Waals surface area contributed by atoms with E-state index in [9.17, 15) is 8.78 Å². The average Bonchev–Trinajstić information content (AvgIpc) is 2.04. The molecule has 1 rings (SSSR count). The highest BCUT2D eigenvalue weighted by Crippen LogP contribution is 2.25. The van der Waals surface area contributed by atoms with Gasteiger partial charge in [-0.05, 0) is 18.1 Å². The molecule has 0 N–H and O–H groups in total. The van der Waals surface area contributed by atoms with Crippen molar-refractivity contribution in [2.45, 2.75) is 18.7 Å². The number of halogens is 3. The molecule has 0 aliphatic heterocycles. The first-order chi connectivity index (χ1) is 5.66. The SMILES string of the molecule is Cc1c(CBr)cccc1C(F)F. The van der Waals surface area contributed by atoms with Gasteiger partial charge in [0.1, 0.15) is 0 Å². The summed E-state index contributed by atoms with van der Waals surface area (Å²) in [7, 11) is 0. The molecule has 0 bridgehead atoms. The fraction of sp³-hybridized carbons (Fsp3) is 0.333. The topological polar surface area (TPSA) is 0 Å². The van der Waals surface area contributed by atoms with Crippen LogP contribution >= 0.6 is 15.9 Å². The van der Waals surface area contributed by atoms with E-state index in [-0.39, 0.29) is 5.56 Å². The second-order valence-corrected chi connectivity index (χ2v) is 3.13. The molecule has 66 valence electrons. The molecule has 0 aliphatic rings. The van der Waals surface area contributed by atoms with Crippen molar-refractivity contribution in [2.24, 2.45) is 0 Å². The predicted molar refractivity (Wildman–Crippen MR) is 48.8 cm³/mol. The highest BCUT2D eigenvalue weighted by Gasteiger charge is 2.11. The molecule has 3 heteroatoms. The van der Waals surface area contributed by atoms with E-state index in [1.54, 1.807) is 13.0 Å². The molecule has 0 saturated carbocycles. The van der Waals surface area contributed by atoms with Crippen LogP contribution in [0.1, 0.15) is 23.1 Å². The van der Waals surface area contributed by atoms with Gasteiger partial charge in [0.25, 0.3) is 6.43 Å². The normalized spacial score (nSPS) is 10.8. The Balaban J connectivity index is 3.14. The predicted octanol–water partition coefficient (Wildman–Crippen LogP) is 3.83. The fourth-order valence-corrected chi connectivity index (χ4v) is 1.69. The zero-order chi connectivity index (χ0) is 9.14. The first kappa shape index (κ1) is 9.65. The van der Waals surface area contributed by atoms with Crippen molar-refractivity contribution in [3.63, 3.8) is 0 Å². The van der Waals surface area contributed by atoms with Crippen molar-refractivity contribution in [3.05, 3.63) is 34.9 Å². The molecule has 0 aliphatic carbocycles. The zero-order valence-corrected chi connectivity index (χ0v) is 8.24. The summed E-state index contributed by atoms with van der Waals surface area (Å²) in [6, 6.07) is 4.97. The van der Waals surface area contributed by atoms with Crippen LogP contribution in [0.2, 0.25) is 0 Å². The van der Waals surface area contributed by atoms with Crippen LogP contribution in [0.25, 0.3) is 0 Å². The maximum atomic E-state index is 12.3. The summed E-state index contributed by atoms with van der Waals surface area (Å²) in [5.74, 6) is 0. The average molecular weight is 235 g/mol. The third-order valence-corrected chi connectivity index (χ3v) is 2.47. The number of alkyl halides is 3. The number of rotatable bonds is 2. The van der Waals surface area contributed by atoms with Crippen molar-refractivity contribution in [3.8, 4) is 0 Å². The Bertz CT molecular complexity index is 271. The summed E-state index contributed by atoms with van der Waals surface area (Å²) in [4.78, 5) is 0. The second kappa shape index (κ2) is 3.99. The molecule has 0 fully saturated rings. The van der Waals surface area contributed by atoms with Crippen molar-refractivity contribution in [2.75, 3.05) is 0 Å². The fourth-order valence-electron chi connectivity index (χ4n) is 1.08. The molecule has 0 spiro atoms. The van der Waals surface area contributed by atoms with Crippen LogP contribution in [-0.4, -0.2) is 0 Å². The third kappa shape index (κ3) is 1.83. The first-order valence-electron chi connectivity index (χ1n) is 3.59. The summed E-state index contributed by atoms with van der Waals surface area (Å²) >= 11 is 3.25. The minimum Gasteiger partial charge on any atom is -0.205 e. The molecule has 0 radical (unpaired) electrons. The van der Waals surface area contributed by atoms with Crippen molar-refractivity contribution in [1.29, 1.82) is 0 Å². The monoisotopic (exact) mass is 234 g/mol. The second-order valence-electron chi connectivity index (χ2n) is 2.57. The largest absolute Gasteiger partial charge is 0.264 e. The van der Waals surface area contributed by atoms with E-state index in [0.717, 1.165) is 5.56 Å². The Labute approximate surface area is 78.7 Å². The molecule has 0 amide bonds. The molecule has 0 nitrogen and oxygen atoms in total. The third-order valence-electron chi connectivity index (χ3n) is 1.87. The number of hydrogen-bond donors (Lipinski definition) is 0. The van der Waals surface area contributed by atoms with Crippen LogP contribution in [0.15, 0.2) is 18.2 Å². The maximum Gasteiger partial charge on any atom is 0.264 e. The van der Waals surface area contributed by atoms with E-state index < -0.39 is 6.43 Å². The lowest BCUT2D eigenvalue weighted by Crippen LogP contribution is -1.93. The van der Waals surface area contributed by atoms with E-state index in [2.05, 4.69) is 15.9 Å². The Hall–Kier alpha value is -0.440. The maximum absolute atomic E-state index is 12.3. The van der Waals surface area contributed by atoms with Gasteiger partial charge in [0.15, 0.2) is 0 Å².